The predicted molar refractivity (Wildman–Crippen MR) is 263 cm³/mol. The van der Waals surface area contributed by atoms with Gasteiger partial charge in [0.1, 0.15) is 11.2 Å². The predicted octanol–water partition coefficient (Wildman–Crippen LogP) is 16.9. The summed E-state index contributed by atoms with van der Waals surface area (Å²) in [7, 11) is 0. The van der Waals surface area contributed by atoms with Gasteiger partial charge in [-0.1, -0.05) is 133 Å². The van der Waals surface area contributed by atoms with Gasteiger partial charge in [-0.3, -0.25) is 0 Å². The van der Waals surface area contributed by atoms with E-state index < -0.39 is 0 Å². The van der Waals surface area contributed by atoms with E-state index in [0.717, 1.165) is 89.1 Å². The van der Waals surface area contributed by atoms with E-state index >= 15 is 0 Å². The summed E-state index contributed by atoms with van der Waals surface area (Å²) >= 11 is 0. The molecule has 294 valence electrons. The third kappa shape index (κ3) is 6.22. The van der Waals surface area contributed by atoms with Crippen molar-refractivity contribution in [3.05, 3.63) is 236 Å². The van der Waals surface area contributed by atoms with Gasteiger partial charge in [0.2, 0.25) is 0 Å². The first-order chi connectivity index (χ1) is 31.2. The van der Waals surface area contributed by atoms with Crippen LogP contribution in [-0.4, -0.2) is 4.57 Å². The van der Waals surface area contributed by atoms with E-state index in [4.69, 9.17) is 11.0 Å². The number of para-hydroxylation sites is 5. The highest BCUT2D eigenvalue weighted by Crippen LogP contribution is 2.42. The van der Waals surface area contributed by atoms with Crippen molar-refractivity contribution in [1.82, 2.24) is 4.57 Å². The average Bonchev–Trinajstić information content (AvgIpc) is 3.90. The molecule has 2 aromatic heterocycles. The molecule has 63 heavy (non-hydrogen) atoms. The summed E-state index contributed by atoms with van der Waals surface area (Å²) in [5.74, 6) is 0. The van der Waals surface area contributed by atoms with Gasteiger partial charge >= 0.3 is 0 Å². The van der Waals surface area contributed by atoms with Crippen molar-refractivity contribution in [2.45, 2.75) is 0 Å². The Morgan fingerprint density at radius 3 is 1.76 bits per heavy atom. The molecule has 4 heteroatoms. The van der Waals surface area contributed by atoms with E-state index in [-0.39, 0.29) is 0 Å². The monoisotopic (exact) mass is 803 g/mol. The van der Waals surface area contributed by atoms with E-state index in [1.54, 1.807) is 0 Å². The summed E-state index contributed by atoms with van der Waals surface area (Å²) in [5.41, 5.74) is 15.6. The topological polar surface area (TPSA) is 25.7 Å². The lowest BCUT2D eigenvalue weighted by Gasteiger charge is -2.25. The molecule has 12 rings (SSSR count). The lowest BCUT2D eigenvalue weighted by molar-refractivity contribution is 0.670. The molecule has 0 bridgehead atoms. The second-order valence-corrected chi connectivity index (χ2v) is 16.0. The van der Waals surface area contributed by atoms with E-state index in [1.165, 1.54) is 21.5 Å². The lowest BCUT2D eigenvalue weighted by atomic mass is 9.91. The Kier molecular flexibility index (Phi) is 8.52. The van der Waals surface area contributed by atoms with Gasteiger partial charge in [0, 0.05) is 49.9 Å². The van der Waals surface area contributed by atoms with Crippen LogP contribution in [0.25, 0.3) is 98.4 Å². The van der Waals surface area contributed by atoms with Crippen LogP contribution in [0.1, 0.15) is 0 Å². The summed E-state index contributed by atoms with van der Waals surface area (Å²) in [5, 5.41) is 6.92. The van der Waals surface area contributed by atoms with Crippen LogP contribution in [0.5, 0.6) is 0 Å². The van der Waals surface area contributed by atoms with Gasteiger partial charge in [0.25, 0.3) is 0 Å². The van der Waals surface area contributed by atoms with Gasteiger partial charge in [0.15, 0.2) is 5.69 Å². The number of benzene rings is 10. The van der Waals surface area contributed by atoms with Crippen LogP contribution < -0.4 is 4.90 Å². The Bertz CT molecular complexity index is 3700. The molecule has 0 saturated heterocycles. The SMILES string of the molecule is [C-]#[N+]c1ccc(-n2c3ccccc3c3ccc(-c4cc(-c5ccc6cc(N(c7ccccc7)c7ccccc7)ccc6c5)cc(-c5cccc6c5oc5ccccc56)c4)cc32)cc1. The first-order valence-corrected chi connectivity index (χ1v) is 21.2. The van der Waals surface area contributed by atoms with Crippen LogP contribution in [0.3, 0.4) is 0 Å². The summed E-state index contributed by atoms with van der Waals surface area (Å²) in [6.07, 6.45) is 0. The molecule has 4 nitrogen and oxygen atoms in total. The molecular formula is C59H37N3O. The van der Waals surface area contributed by atoms with E-state index in [9.17, 15) is 0 Å². The third-order valence-corrected chi connectivity index (χ3v) is 12.3. The highest BCUT2D eigenvalue weighted by atomic mass is 16.3. The molecule has 0 fully saturated rings. The third-order valence-electron chi connectivity index (χ3n) is 12.3. The van der Waals surface area contributed by atoms with Crippen LogP contribution in [0, 0.1) is 6.57 Å². The summed E-state index contributed by atoms with van der Waals surface area (Å²) in [6.45, 7) is 7.54. The molecule has 0 atom stereocenters. The molecular weight excluding hydrogens is 767 g/mol. The lowest BCUT2D eigenvalue weighted by Crippen LogP contribution is -2.09. The number of furan rings is 1. The van der Waals surface area contributed by atoms with Crippen molar-refractivity contribution in [3.63, 3.8) is 0 Å². The number of aromatic nitrogens is 1. The van der Waals surface area contributed by atoms with Gasteiger partial charge in [-0.2, -0.15) is 0 Å². The van der Waals surface area contributed by atoms with Gasteiger partial charge < -0.3 is 13.9 Å². The number of fused-ring (bicyclic) bond motifs is 7. The zero-order chi connectivity index (χ0) is 41.9. The molecule has 12 aromatic rings. The van der Waals surface area contributed by atoms with Crippen molar-refractivity contribution in [2.75, 3.05) is 4.90 Å². The number of anilines is 3. The largest absolute Gasteiger partial charge is 0.455 e. The minimum absolute atomic E-state index is 0.625. The minimum atomic E-state index is 0.625. The molecule has 2 heterocycles. The highest BCUT2D eigenvalue weighted by Gasteiger charge is 2.18. The number of rotatable bonds is 7. The first-order valence-electron chi connectivity index (χ1n) is 21.2. The van der Waals surface area contributed by atoms with Gasteiger partial charge in [0.05, 0.1) is 17.6 Å². The summed E-state index contributed by atoms with van der Waals surface area (Å²) in [4.78, 5) is 5.96. The Balaban J connectivity index is 1.04. The van der Waals surface area contributed by atoms with Crippen molar-refractivity contribution in [3.8, 4) is 39.1 Å². The highest BCUT2D eigenvalue weighted by molar-refractivity contribution is 6.11. The van der Waals surface area contributed by atoms with E-state index in [1.807, 2.05) is 36.4 Å². The minimum Gasteiger partial charge on any atom is -0.455 e. The second kappa shape index (κ2) is 14.8. The number of nitrogens with zero attached hydrogens (tertiary/aromatic N) is 3. The summed E-state index contributed by atoms with van der Waals surface area (Å²) < 4.78 is 8.94. The second-order valence-electron chi connectivity index (χ2n) is 16.0. The molecule has 0 aliphatic rings. The zero-order valence-corrected chi connectivity index (χ0v) is 34.1. The summed E-state index contributed by atoms with van der Waals surface area (Å²) in [6, 6.07) is 79.6. The Labute approximate surface area is 364 Å². The van der Waals surface area contributed by atoms with E-state index in [0.29, 0.717) is 5.69 Å². The van der Waals surface area contributed by atoms with Crippen molar-refractivity contribution in [2.24, 2.45) is 0 Å². The molecule has 10 aromatic carbocycles. The maximum atomic E-state index is 7.54. The molecule has 0 aliphatic heterocycles. The molecule has 0 N–H and O–H groups in total. The molecule has 0 aliphatic carbocycles. The van der Waals surface area contributed by atoms with Crippen molar-refractivity contribution < 1.29 is 4.42 Å². The van der Waals surface area contributed by atoms with Crippen LogP contribution in [0.15, 0.2) is 229 Å². The van der Waals surface area contributed by atoms with E-state index in [2.05, 4.69) is 202 Å². The Morgan fingerprint density at radius 1 is 0.397 bits per heavy atom. The van der Waals surface area contributed by atoms with Crippen LogP contribution in [0.2, 0.25) is 0 Å². The molecule has 0 radical (unpaired) electrons. The molecule has 0 spiro atoms. The van der Waals surface area contributed by atoms with Gasteiger partial charge in [-0.15, -0.1) is 0 Å². The smallest absolute Gasteiger partial charge is 0.187 e. The van der Waals surface area contributed by atoms with Crippen LogP contribution in [-0.2, 0) is 0 Å². The Hall–Kier alpha value is -8.65. The Morgan fingerprint density at radius 2 is 1.00 bits per heavy atom. The fraction of sp³-hybridized carbons (Fsp3) is 0. The van der Waals surface area contributed by atoms with Crippen molar-refractivity contribution >= 4 is 77.3 Å². The van der Waals surface area contributed by atoms with Gasteiger partial charge in [-0.25, -0.2) is 4.85 Å². The fourth-order valence-corrected chi connectivity index (χ4v) is 9.35. The zero-order valence-electron chi connectivity index (χ0n) is 34.1. The first kappa shape index (κ1) is 36.2. The maximum Gasteiger partial charge on any atom is 0.187 e. The van der Waals surface area contributed by atoms with Crippen LogP contribution in [0.4, 0.5) is 22.7 Å². The number of hydrogen-bond acceptors (Lipinski definition) is 2. The van der Waals surface area contributed by atoms with Crippen molar-refractivity contribution in [1.29, 1.82) is 0 Å². The van der Waals surface area contributed by atoms with Gasteiger partial charge in [-0.05, 0) is 130 Å². The molecule has 0 amide bonds. The normalized spacial score (nSPS) is 11.5. The molecule has 0 saturated carbocycles. The number of hydrogen-bond donors (Lipinski definition) is 0. The molecule has 0 unspecified atom stereocenters. The maximum absolute atomic E-state index is 7.54. The standard InChI is InChI=1S/C59H37N3O/c1-60-46-27-30-49(31-28-46)62-56-21-10-8-17-52(56)53-32-26-42(38-57(53)62)44-34-43(35-45(36-44)51-19-12-20-55-54-18-9-11-22-58(54)63-59(51)55)40-23-24-41-37-50(29-25-39(41)33-40)61(47-13-4-2-5-14-47)48-15-6-3-7-16-48/h2-38H. The quantitative estimate of drug-likeness (QED) is 0.150. The fourth-order valence-electron chi connectivity index (χ4n) is 9.35. The van der Waals surface area contributed by atoms with Crippen LogP contribution >= 0.6 is 0 Å². The average molecular weight is 804 g/mol.